The summed E-state index contributed by atoms with van der Waals surface area (Å²) in [5.74, 6) is 0.337. The summed E-state index contributed by atoms with van der Waals surface area (Å²) >= 11 is 0. The molecule has 1 N–H and O–H groups in total. The average molecular weight is 314 g/mol. The minimum atomic E-state index is -0.109. The van der Waals surface area contributed by atoms with Crippen LogP contribution in [0.25, 0.3) is 10.9 Å². The maximum absolute atomic E-state index is 12.3. The molecule has 1 aromatic heterocycles. The van der Waals surface area contributed by atoms with Gasteiger partial charge < -0.3 is 14.6 Å². The number of nitrogens with zero attached hydrogens (tertiary/aromatic N) is 1. The van der Waals surface area contributed by atoms with Crippen LogP contribution in [0.15, 0.2) is 30.5 Å². The first-order chi connectivity index (χ1) is 11.1. The first kappa shape index (κ1) is 16.1. The third-order valence-electron chi connectivity index (χ3n) is 4.83. The minimum Gasteiger partial charge on any atom is -0.465 e. The van der Waals surface area contributed by atoms with Crippen molar-refractivity contribution in [2.45, 2.75) is 26.2 Å². The van der Waals surface area contributed by atoms with Gasteiger partial charge in [0.15, 0.2) is 0 Å². The van der Waals surface area contributed by atoms with E-state index in [2.05, 4.69) is 28.2 Å². The third kappa shape index (κ3) is 3.75. The summed E-state index contributed by atoms with van der Waals surface area (Å²) in [6.07, 6.45) is 5.06. The van der Waals surface area contributed by atoms with Gasteiger partial charge in [0.2, 0.25) is 0 Å². The summed E-state index contributed by atoms with van der Waals surface area (Å²) in [6, 6.07) is 8.32. The van der Waals surface area contributed by atoms with Gasteiger partial charge in [0.25, 0.3) is 0 Å². The van der Waals surface area contributed by atoms with E-state index in [4.69, 9.17) is 4.74 Å². The first-order valence-electron chi connectivity index (χ1n) is 8.55. The van der Waals surface area contributed by atoms with Crippen molar-refractivity contribution in [1.82, 2.24) is 9.88 Å². The Labute approximate surface area is 137 Å². The van der Waals surface area contributed by atoms with Crippen LogP contribution < -0.4 is 5.32 Å². The molecule has 2 heterocycles. The van der Waals surface area contributed by atoms with E-state index in [0.717, 1.165) is 32.4 Å². The van der Waals surface area contributed by atoms with Crippen molar-refractivity contribution in [2.75, 3.05) is 19.7 Å². The third-order valence-corrected chi connectivity index (χ3v) is 4.83. The Morgan fingerprint density at radius 2 is 2.09 bits per heavy atom. The van der Waals surface area contributed by atoms with Crippen LogP contribution in [0.5, 0.6) is 0 Å². The standard InChI is InChI=1S/C19H26N2O2/c1-14(19(22)23-13-15-7-9-20-10-8-15)11-16-12-21(2)18-6-4-3-5-17(16)18/h3-6,12,14-15,20H,7-11,13H2,1-2H3/t14-/m1/s1. The topological polar surface area (TPSA) is 43.3 Å². The second kappa shape index (κ2) is 7.18. The van der Waals surface area contributed by atoms with E-state index in [9.17, 15) is 4.79 Å². The molecule has 1 aliphatic rings. The van der Waals surface area contributed by atoms with Gasteiger partial charge in [-0.2, -0.15) is 0 Å². The van der Waals surface area contributed by atoms with Crippen molar-refractivity contribution in [3.8, 4) is 0 Å². The van der Waals surface area contributed by atoms with E-state index in [0.29, 0.717) is 12.5 Å². The molecule has 1 aromatic carbocycles. The molecule has 1 aliphatic heterocycles. The molecule has 23 heavy (non-hydrogen) atoms. The fraction of sp³-hybridized carbons (Fsp3) is 0.526. The van der Waals surface area contributed by atoms with Crippen molar-refractivity contribution in [3.05, 3.63) is 36.0 Å². The normalized spacial score (nSPS) is 17.3. The summed E-state index contributed by atoms with van der Waals surface area (Å²) < 4.78 is 7.68. The number of carbonyl (C=O) groups is 1. The molecule has 1 saturated heterocycles. The van der Waals surface area contributed by atoms with Gasteiger partial charge in [0, 0.05) is 24.1 Å². The first-order valence-corrected chi connectivity index (χ1v) is 8.55. The molecule has 0 bridgehead atoms. The molecule has 0 saturated carbocycles. The van der Waals surface area contributed by atoms with Crippen LogP contribution in [-0.4, -0.2) is 30.2 Å². The molecule has 1 fully saturated rings. The van der Waals surface area contributed by atoms with Crippen LogP contribution >= 0.6 is 0 Å². The van der Waals surface area contributed by atoms with Gasteiger partial charge in [0.1, 0.15) is 0 Å². The zero-order chi connectivity index (χ0) is 16.2. The lowest BCUT2D eigenvalue weighted by Crippen LogP contribution is -2.31. The SMILES string of the molecule is C[C@H](Cc1cn(C)c2ccccc12)C(=O)OCC1CCNCC1. The van der Waals surface area contributed by atoms with Crippen molar-refractivity contribution >= 4 is 16.9 Å². The molecule has 0 amide bonds. The molecule has 2 aromatic rings. The van der Waals surface area contributed by atoms with Gasteiger partial charge in [-0.05, 0) is 49.9 Å². The number of aryl methyl sites for hydroxylation is 1. The Bertz CT molecular complexity index is 671. The number of aromatic nitrogens is 1. The van der Waals surface area contributed by atoms with Crippen LogP contribution in [0.4, 0.5) is 0 Å². The molecule has 0 unspecified atom stereocenters. The second-order valence-electron chi connectivity index (χ2n) is 6.71. The summed E-state index contributed by atoms with van der Waals surface area (Å²) in [5.41, 5.74) is 2.42. The van der Waals surface area contributed by atoms with E-state index in [1.807, 2.05) is 26.1 Å². The van der Waals surface area contributed by atoms with Gasteiger partial charge in [-0.25, -0.2) is 0 Å². The molecule has 0 spiro atoms. The lowest BCUT2D eigenvalue weighted by Gasteiger charge is -2.22. The number of piperidine rings is 1. The molecule has 124 valence electrons. The van der Waals surface area contributed by atoms with Crippen molar-refractivity contribution < 1.29 is 9.53 Å². The Morgan fingerprint density at radius 1 is 1.35 bits per heavy atom. The quantitative estimate of drug-likeness (QED) is 0.863. The van der Waals surface area contributed by atoms with Crippen LogP contribution in [-0.2, 0) is 23.0 Å². The van der Waals surface area contributed by atoms with Gasteiger partial charge in [0.05, 0.1) is 12.5 Å². The maximum Gasteiger partial charge on any atom is 0.308 e. The number of benzene rings is 1. The van der Waals surface area contributed by atoms with Crippen LogP contribution in [0, 0.1) is 11.8 Å². The number of esters is 1. The van der Waals surface area contributed by atoms with Crippen LogP contribution in [0.2, 0.25) is 0 Å². The number of nitrogens with one attached hydrogen (secondary N) is 1. The van der Waals surface area contributed by atoms with E-state index in [-0.39, 0.29) is 11.9 Å². The van der Waals surface area contributed by atoms with E-state index in [1.54, 1.807) is 0 Å². The Kier molecular flexibility index (Phi) is 5.01. The fourth-order valence-corrected chi connectivity index (χ4v) is 3.39. The number of para-hydroxylation sites is 1. The summed E-state index contributed by atoms with van der Waals surface area (Å²) in [7, 11) is 2.05. The summed E-state index contributed by atoms with van der Waals surface area (Å²) in [6.45, 7) is 4.61. The largest absolute Gasteiger partial charge is 0.465 e. The molecule has 0 aliphatic carbocycles. The highest BCUT2D eigenvalue weighted by molar-refractivity contribution is 5.84. The highest BCUT2D eigenvalue weighted by Crippen LogP contribution is 2.23. The van der Waals surface area contributed by atoms with E-state index >= 15 is 0 Å². The summed E-state index contributed by atoms with van der Waals surface area (Å²) in [5, 5.41) is 4.56. The van der Waals surface area contributed by atoms with E-state index in [1.165, 1.54) is 16.5 Å². The van der Waals surface area contributed by atoms with Gasteiger partial charge >= 0.3 is 5.97 Å². The molecule has 0 radical (unpaired) electrons. The average Bonchev–Trinajstić information content (AvgIpc) is 2.90. The van der Waals surface area contributed by atoms with Gasteiger partial charge in [-0.15, -0.1) is 0 Å². The zero-order valence-corrected chi connectivity index (χ0v) is 14.0. The molecular formula is C19H26N2O2. The van der Waals surface area contributed by atoms with E-state index < -0.39 is 0 Å². The predicted octanol–water partition coefficient (Wildman–Crippen LogP) is 2.90. The number of carbonyl (C=O) groups excluding carboxylic acids is 1. The molecule has 3 rings (SSSR count). The Hall–Kier alpha value is -1.81. The number of fused-ring (bicyclic) bond motifs is 1. The van der Waals surface area contributed by atoms with Crippen LogP contribution in [0.1, 0.15) is 25.3 Å². The predicted molar refractivity (Wildman–Crippen MR) is 92.3 cm³/mol. The summed E-state index contributed by atoms with van der Waals surface area (Å²) in [4.78, 5) is 12.3. The highest BCUT2D eigenvalue weighted by atomic mass is 16.5. The molecule has 1 atom stereocenters. The van der Waals surface area contributed by atoms with Crippen molar-refractivity contribution in [3.63, 3.8) is 0 Å². The van der Waals surface area contributed by atoms with Crippen molar-refractivity contribution in [1.29, 1.82) is 0 Å². The minimum absolute atomic E-state index is 0.0727. The molecular weight excluding hydrogens is 288 g/mol. The lowest BCUT2D eigenvalue weighted by molar-refractivity contribution is -0.149. The second-order valence-corrected chi connectivity index (χ2v) is 6.71. The van der Waals surface area contributed by atoms with Gasteiger partial charge in [-0.1, -0.05) is 25.1 Å². The Morgan fingerprint density at radius 3 is 2.87 bits per heavy atom. The maximum atomic E-state index is 12.3. The zero-order valence-electron chi connectivity index (χ0n) is 14.0. The lowest BCUT2D eigenvalue weighted by atomic mass is 9.98. The molecule has 4 heteroatoms. The molecule has 4 nitrogen and oxygen atoms in total. The van der Waals surface area contributed by atoms with Crippen molar-refractivity contribution in [2.24, 2.45) is 18.9 Å². The monoisotopic (exact) mass is 314 g/mol. The van der Waals surface area contributed by atoms with Crippen LogP contribution in [0.3, 0.4) is 0 Å². The smallest absolute Gasteiger partial charge is 0.308 e. The number of rotatable bonds is 5. The number of hydrogen-bond acceptors (Lipinski definition) is 3. The Balaban J connectivity index is 1.59. The fourth-order valence-electron chi connectivity index (χ4n) is 3.39. The highest BCUT2D eigenvalue weighted by Gasteiger charge is 2.20. The number of ether oxygens (including phenoxy) is 1. The van der Waals surface area contributed by atoms with Gasteiger partial charge in [-0.3, -0.25) is 4.79 Å². The number of hydrogen-bond donors (Lipinski definition) is 1.